The fourth-order valence-electron chi connectivity index (χ4n) is 2.40. The fourth-order valence-corrected chi connectivity index (χ4v) is 4.38. The van der Waals surface area contributed by atoms with E-state index in [-0.39, 0.29) is 12.5 Å². The van der Waals surface area contributed by atoms with Gasteiger partial charge in [0.1, 0.15) is 6.61 Å². The van der Waals surface area contributed by atoms with Crippen LogP contribution in [0.5, 0.6) is 0 Å². The number of thioether (sulfide) groups is 1. The maximum Gasteiger partial charge on any atom is 0.261 e. The van der Waals surface area contributed by atoms with Crippen LogP contribution in [0.2, 0.25) is 0 Å². The zero-order chi connectivity index (χ0) is 14.4. The number of aliphatic hydroxyl groups excluding tert-OH is 1. The molecule has 0 spiro atoms. The largest absolute Gasteiger partial charge is 0.384 e. The van der Waals surface area contributed by atoms with Gasteiger partial charge in [-0.2, -0.15) is 11.8 Å². The summed E-state index contributed by atoms with van der Waals surface area (Å²) >= 11 is 3.31. The van der Waals surface area contributed by atoms with Crippen molar-refractivity contribution in [2.24, 2.45) is 0 Å². The lowest BCUT2D eigenvalue weighted by Crippen LogP contribution is -2.38. The van der Waals surface area contributed by atoms with Gasteiger partial charge in [-0.1, -0.05) is 25.2 Å². The summed E-state index contributed by atoms with van der Waals surface area (Å²) in [6, 6.07) is 3.93. The van der Waals surface area contributed by atoms with Crippen LogP contribution in [0, 0.1) is 11.8 Å². The van der Waals surface area contributed by atoms with Crippen molar-refractivity contribution in [1.82, 2.24) is 5.32 Å². The number of thiophene rings is 1. The molecule has 1 aliphatic rings. The number of carbonyl (C=O) groups excluding carboxylic acids is 1. The molecule has 2 N–H and O–H groups in total. The van der Waals surface area contributed by atoms with Gasteiger partial charge in [0.2, 0.25) is 0 Å². The molecule has 1 aromatic rings. The Morgan fingerprint density at radius 2 is 2.40 bits per heavy atom. The lowest BCUT2D eigenvalue weighted by Gasteiger charge is -2.19. The normalized spacial score (nSPS) is 21.3. The molecule has 0 aliphatic heterocycles. The van der Waals surface area contributed by atoms with Crippen molar-refractivity contribution >= 4 is 29.0 Å². The fraction of sp³-hybridized carbons (Fsp3) is 0.533. The molecule has 2 atom stereocenters. The molecule has 2 unspecified atom stereocenters. The summed E-state index contributed by atoms with van der Waals surface area (Å²) in [5.41, 5.74) is 0. The van der Waals surface area contributed by atoms with Crippen molar-refractivity contribution in [3.63, 3.8) is 0 Å². The molecule has 1 aliphatic carbocycles. The van der Waals surface area contributed by atoms with Crippen LogP contribution in [-0.4, -0.2) is 34.7 Å². The summed E-state index contributed by atoms with van der Waals surface area (Å²) in [5, 5.41) is 12.4. The zero-order valence-electron chi connectivity index (χ0n) is 11.5. The van der Waals surface area contributed by atoms with Crippen molar-refractivity contribution in [3.05, 3.63) is 21.9 Å². The molecular weight excluding hydrogens is 290 g/mol. The minimum atomic E-state index is -0.155. The van der Waals surface area contributed by atoms with Crippen LogP contribution in [0.3, 0.4) is 0 Å². The van der Waals surface area contributed by atoms with Gasteiger partial charge in [-0.3, -0.25) is 4.79 Å². The van der Waals surface area contributed by atoms with Gasteiger partial charge in [0.05, 0.1) is 9.75 Å². The molecule has 2 rings (SSSR count). The predicted octanol–water partition coefficient (Wildman–Crippen LogP) is 2.50. The molecule has 20 heavy (non-hydrogen) atoms. The molecule has 1 amide bonds. The third-order valence-electron chi connectivity index (χ3n) is 3.27. The zero-order valence-corrected chi connectivity index (χ0v) is 13.1. The second-order valence-electron chi connectivity index (χ2n) is 4.63. The Labute approximate surface area is 128 Å². The summed E-state index contributed by atoms with van der Waals surface area (Å²) in [6.45, 7) is 2.00. The van der Waals surface area contributed by atoms with Crippen LogP contribution in [-0.2, 0) is 0 Å². The molecule has 5 heteroatoms. The van der Waals surface area contributed by atoms with E-state index in [9.17, 15) is 4.79 Å². The molecule has 0 bridgehead atoms. The van der Waals surface area contributed by atoms with E-state index in [1.807, 2.05) is 17.8 Å². The van der Waals surface area contributed by atoms with Crippen molar-refractivity contribution in [2.75, 3.05) is 12.4 Å². The van der Waals surface area contributed by atoms with E-state index in [0.29, 0.717) is 16.2 Å². The Morgan fingerprint density at radius 1 is 1.55 bits per heavy atom. The van der Waals surface area contributed by atoms with Crippen molar-refractivity contribution in [1.29, 1.82) is 0 Å². The summed E-state index contributed by atoms with van der Waals surface area (Å²) < 4.78 is 0. The number of hydrogen-bond donors (Lipinski definition) is 2. The molecule has 1 fully saturated rings. The summed E-state index contributed by atoms with van der Waals surface area (Å²) in [4.78, 5) is 13.7. The van der Waals surface area contributed by atoms with E-state index in [2.05, 4.69) is 24.1 Å². The van der Waals surface area contributed by atoms with Crippen molar-refractivity contribution in [2.45, 2.75) is 37.5 Å². The lowest BCUT2D eigenvalue weighted by molar-refractivity contribution is 0.0943. The summed E-state index contributed by atoms with van der Waals surface area (Å²) in [7, 11) is 0. The third kappa shape index (κ3) is 4.02. The van der Waals surface area contributed by atoms with E-state index in [1.165, 1.54) is 24.2 Å². The van der Waals surface area contributed by atoms with Gasteiger partial charge in [0.15, 0.2) is 0 Å². The van der Waals surface area contributed by atoms with Gasteiger partial charge < -0.3 is 10.4 Å². The number of aliphatic hydroxyl groups is 1. The van der Waals surface area contributed by atoms with Crippen LogP contribution < -0.4 is 5.32 Å². The number of nitrogens with one attached hydrogen (secondary N) is 1. The molecule has 0 radical (unpaired) electrons. The maximum atomic E-state index is 12.2. The highest BCUT2D eigenvalue weighted by Crippen LogP contribution is 2.30. The van der Waals surface area contributed by atoms with Crippen LogP contribution >= 0.6 is 23.1 Å². The monoisotopic (exact) mass is 309 g/mol. The first-order valence-electron chi connectivity index (χ1n) is 6.86. The predicted molar refractivity (Wildman–Crippen MR) is 85.3 cm³/mol. The molecule has 1 saturated carbocycles. The Kier molecular flexibility index (Phi) is 5.96. The minimum absolute atomic E-state index is 0.000603. The second kappa shape index (κ2) is 7.72. The highest BCUT2D eigenvalue weighted by atomic mass is 32.2. The first-order valence-corrected chi connectivity index (χ1v) is 8.73. The second-order valence-corrected chi connectivity index (χ2v) is 7.23. The van der Waals surface area contributed by atoms with Gasteiger partial charge in [-0.05, 0) is 30.7 Å². The highest BCUT2D eigenvalue weighted by molar-refractivity contribution is 7.99. The summed E-state index contributed by atoms with van der Waals surface area (Å²) in [5.74, 6) is 6.52. The number of hydrogen-bond acceptors (Lipinski definition) is 4. The molecule has 0 aromatic carbocycles. The standard InChI is InChI=1S/C15H19NO2S2/c1-2-19-13-7-3-6-12(13)16-15(18)14-9-8-11(20-14)5-4-10-17/h8-9,12-13,17H,2-3,6-7,10H2,1H3,(H,16,18). The molecule has 0 saturated heterocycles. The average Bonchev–Trinajstić information content (AvgIpc) is 3.07. The minimum Gasteiger partial charge on any atom is -0.384 e. The van der Waals surface area contributed by atoms with Crippen molar-refractivity contribution in [3.8, 4) is 11.8 Å². The Bertz CT molecular complexity index is 515. The van der Waals surface area contributed by atoms with Crippen LogP contribution in [0.15, 0.2) is 12.1 Å². The first kappa shape index (κ1) is 15.4. The Hall–Kier alpha value is -0.960. The molecule has 1 aromatic heterocycles. The van der Waals surface area contributed by atoms with E-state index >= 15 is 0 Å². The topological polar surface area (TPSA) is 49.3 Å². The first-order chi connectivity index (χ1) is 9.74. The quantitative estimate of drug-likeness (QED) is 0.840. The van der Waals surface area contributed by atoms with Crippen LogP contribution in [0.4, 0.5) is 0 Å². The van der Waals surface area contributed by atoms with E-state index in [4.69, 9.17) is 5.11 Å². The van der Waals surface area contributed by atoms with Crippen molar-refractivity contribution < 1.29 is 9.90 Å². The van der Waals surface area contributed by atoms with E-state index < -0.39 is 0 Å². The Balaban J connectivity index is 1.95. The van der Waals surface area contributed by atoms with E-state index in [1.54, 1.807) is 6.07 Å². The van der Waals surface area contributed by atoms with Gasteiger partial charge in [-0.25, -0.2) is 0 Å². The van der Waals surface area contributed by atoms with Gasteiger partial charge in [0, 0.05) is 11.3 Å². The lowest BCUT2D eigenvalue weighted by atomic mass is 10.2. The number of amides is 1. The molecule has 108 valence electrons. The Morgan fingerprint density at radius 3 is 3.15 bits per heavy atom. The van der Waals surface area contributed by atoms with Gasteiger partial charge in [-0.15, -0.1) is 11.3 Å². The molecule has 1 heterocycles. The maximum absolute atomic E-state index is 12.2. The number of rotatable bonds is 4. The van der Waals surface area contributed by atoms with Crippen LogP contribution in [0.1, 0.15) is 40.7 Å². The molecule has 3 nitrogen and oxygen atoms in total. The van der Waals surface area contributed by atoms with E-state index in [0.717, 1.165) is 17.1 Å². The van der Waals surface area contributed by atoms with Gasteiger partial charge in [0.25, 0.3) is 5.91 Å². The third-order valence-corrected chi connectivity index (χ3v) is 5.60. The van der Waals surface area contributed by atoms with Crippen LogP contribution in [0.25, 0.3) is 0 Å². The smallest absolute Gasteiger partial charge is 0.261 e. The number of carbonyl (C=O) groups is 1. The highest BCUT2D eigenvalue weighted by Gasteiger charge is 2.28. The van der Waals surface area contributed by atoms with Gasteiger partial charge >= 0.3 is 0 Å². The SMILES string of the molecule is CCSC1CCCC1NC(=O)c1ccc(C#CCO)s1. The molecular formula is C15H19NO2S2. The summed E-state index contributed by atoms with van der Waals surface area (Å²) in [6.07, 6.45) is 3.47. The average molecular weight is 309 g/mol.